The van der Waals surface area contributed by atoms with Crippen molar-refractivity contribution in [2.24, 2.45) is 0 Å². The van der Waals surface area contributed by atoms with Gasteiger partial charge in [0.25, 0.3) is 0 Å². The average Bonchev–Trinajstić information content (AvgIpc) is 3.03. The number of nitrogens with zero attached hydrogens (tertiary/aromatic N) is 2. The summed E-state index contributed by atoms with van der Waals surface area (Å²) in [5.74, 6) is 0. The van der Waals surface area contributed by atoms with E-state index in [9.17, 15) is 4.79 Å². The Morgan fingerprint density at radius 1 is 1.17 bits per heavy atom. The van der Waals surface area contributed by atoms with Gasteiger partial charge in [0.1, 0.15) is 5.65 Å². The molecule has 0 spiro atoms. The second-order valence-corrected chi connectivity index (χ2v) is 5.03. The molecule has 0 saturated heterocycles. The van der Waals surface area contributed by atoms with Crippen LogP contribution in [0.3, 0.4) is 0 Å². The van der Waals surface area contributed by atoms with E-state index in [-0.39, 0.29) is 6.03 Å². The number of rotatable bonds is 6. The quantitative estimate of drug-likeness (QED) is 0.688. The number of nitrogens with one attached hydrogen (secondary N) is 2. The van der Waals surface area contributed by atoms with Crippen LogP contribution in [-0.4, -0.2) is 28.6 Å². The number of aromatic nitrogens is 2. The van der Waals surface area contributed by atoms with E-state index in [0.717, 1.165) is 11.2 Å². The molecule has 23 heavy (non-hydrogen) atoms. The number of fused-ring (bicyclic) bond motifs is 1. The van der Waals surface area contributed by atoms with Gasteiger partial charge in [-0.05, 0) is 11.6 Å². The molecule has 0 bridgehead atoms. The molecule has 0 aliphatic carbocycles. The number of imidazole rings is 1. The summed E-state index contributed by atoms with van der Waals surface area (Å²) >= 11 is 0. The lowest BCUT2D eigenvalue weighted by atomic mass is 10.2. The Kier molecular flexibility index (Phi) is 4.85. The minimum Gasteiger partial charge on any atom is -0.375 e. The molecule has 0 unspecified atom stereocenters. The van der Waals surface area contributed by atoms with Crippen LogP contribution in [0.2, 0.25) is 0 Å². The molecule has 6 heteroatoms. The van der Waals surface area contributed by atoms with E-state index in [0.29, 0.717) is 25.4 Å². The lowest BCUT2D eigenvalue weighted by Gasteiger charge is -2.08. The van der Waals surface area contributed by atoms with Crippen molar-refractivity contribution >= 4 is 17.4 Å². The van der Waals surface area contributed by atoms with Gasteiger partial charge >= 0.3 is 6.03 Å². The smallest absolute Gasteiger partial charge is 0.319 e. The predicted molar refractivity (Wildman–Crippen MR) is 88.3 cm³/mol. The van der Waals surface area contributed by atoms with Gasteiger partial charge in [0.05, 0.1) is 13.2 Å². The summed E-state index contributed by atoms with van der Waals surface area (Å²) in [4.78, 5) is 16.0. The fourth-order valence-electron chi connectivity index (χ4n) is 2.16. The first-order chi connectivity index (χ1) is 11.3. The summed E-state index contributed by atoms with van der Waals surface area (Å²) in [5, 5.41) is 5.53. The molecule has 3 aromatic rings. The highest BCUT2D eigenvalue weighted by molar-refractivity contribution is 5.89. The van der Waals surface area contributed by atoms with Crippen LogP contribution in [0.1, 0.15) is 5.56 Å². The Morgan fingerprint density at radius 3 is 2.91 bits per heavy atom. The van der Waals surface area contributed by atoms with Crippen LogP contribution in [0.15, 0.2) is 61.1 Å². The van der Waals surface area contributed by atoms with Crippen LogP contribution in [0.5, 0.6) is 0 Å². The number of amides is 2. The van der Waals surface area contributed by atoms with Crippen LogP contribution >= 0.6 is 0 Å². The Labute approximate surface area is 134 Å². The highest BCUT2D eigenvalue weighted by Gasteiger charge is 2.02. The number of anilines is 1. The highest BCUT2D eigenvalue weighted by atomic mass is 16.5. The van der Waals surface area contributed by atoms with E-state index >= 15 is 0 Å². The summed E-state index contributed by atoms with van der Waals surface area (Å²) in [6, 6.07) is 13.3. The molecule has 118 valence electrons. The van der Waals surface area contributed by atoms with E-state index in [1.165, 1.54) is 0 Å². The normalized spacial score (nSPS) is 10.6. The molecule has 0 atom stereocenters. The maximum absolute atomic E-state index is 11.8. The lowest BCUT2D eigenvalue weighted by molar-refractivity contribution is 0.124. The molecule has 2 amide bonds. The number of hydrogen-bond donors (Lipinski definition) is 2. The zero-order chi connectivity index (χ0) is 15.9. The predicted octanol–water partition coefficient (Wildman–Crippen LogP) is 2.67. The molecule has 2 aromatic heterocycles. The maximum Gasteiger partial charge on any atom is 0.319 e. The number of hydrogen-bond acceptors (Lipinski definition) is 3. The van der Waals surface area contributed by atoms with Gasteiger partial charge in [-0.3, -0.25) is 0 Å². The molecule has 0 saturated carbocycles. The zero-order valence-electron chi connectivity index (χ0n) is 12.6. The second kappa shape index (κ2) is 7.42. The van der Waals surface area contributed by atoms with Crippen LogP contribution in [0.4, 0.5) is 10.5 Å². The van der Waals surface area contributed by atoms with Crippen molar-refractivity contribution in [2.45, 2.75) is 6.61 Å². The van der Waals surface area contributed by atoms with Crippen LogP contribution in [0.25, 0.3) is 5.65 Å². The van der Waals surface area contributed by atoms with Crippen molar-refractivity contribution in [3.05, 3.63) is 66.6 Å². The van der Waals surface area contributed by atoms with Gasteiger partial charge in [-0.15, -0.1) is 0 Å². The van der Waals surface area contributed by atoms with Crippen molar-refractivity contribution in [3.63, 3.8) is 0 Å². The third-order valence-electron chi connectivity index (χ3n) is 3.30. The Morgan fingerprint density at radius 2 is 2.04 bits per heavy atom. The number of ether oxygens (including phenoxy) is 1. The molecule has 2 heterocycles. The molecule has 0 fully saturated rings. The summed E-state index contributed by atoms with van der Waals surface area (Å²) in [6.07, 6.45) is 5.41. The van der Waals surface area contributed by atoms with Gasteiger partial charge in [0.15, 0.2) is 0 Å². The monoisotopic (exact) mass is 310 g/mol. The SMILES string of the molecule is O=C(NCCOCc1ccccc1)Nc1ccn2ccnc2c1. The van der Waals surface area contributed by atoms with E-state index in [1.807, 2.05) is 59.3 Å². The van der Waals surface area contributed by atoms with Gasteiger partial charge in [-0.2, -0.15) is 0 Å². The Hall–Kier alpha value is -2.86. The topological polar surface area (TPSA) is 67.7 Å². The molecule has 0 radical (unpaired) electrons. The molecule has 0 aliphatic rings. The maximum atomic E-state index is 11.8. The van der Waals surface area contributed by atoms with E-state index in [2.05, 4.69) is 15.6 Å². The number of carbonyl (C=O) groups is 1. The van der Waals surface area contributed by atoms with Crippen molar-refractivity contribution < 1.29 is 9.53 Å². The van der Waals surface area contributed by atoms with Gasteiger partial charge in [-0.25, -0.2) is 9.78 Å². The first kappa shape index (κ1) is 15.1. The Bertz CT molecular complexity index is 770. The minimum absolute atomic E-state index is 0.260. The van der Waals surface area contributed by atoms with Crippen LogP contribution < -0.4 is 10.6 Å². The molecular weight excluding hydrogens is 292 g/mol. The number of benzene rings is 1. The van der Waals surface area contributed by atoms with Crippen LogP contribution in [-0.2, 0) is 11.3 Å². The molecule has 6 nitrogen and oxygen atoms in total. The summed E-state index contributed by atoms with van der Waals surface area (Å²) in [6.45, 7) is 1.45. The molecular formula is C17H18N4O2. The fraction of sp³-hybridized carbons (Fsp3) is 0.176. The fourth-order valence-corrected chi connectivity index (χ4v) is 2.16. The van der Waals surface area contributed by atoms with Crippen LogP contribution in [0, 0.1) is 0 Å². The summed E-state index contributed by atoms with van der Waals surface area (Å²) < 4.78 is 7.39. The third kappa shape index (κ3) is 4.31. The van der Waals surface area contributed by atoms with Crippen molar-refractivity contribution in [2.75, 3.05) is 18.5 Å². The largest absolute Gasteiger partial charge is 0.375 e. The third-order valence-corrected chi connectivity index (χ3v) is 3.30. The number of pyridine rings is 1. The average molecular weight is 310 g/mol. The molecule has 2 N–H and O–H groups in total. The second-order valence-electron chi connectivity index (χ2n) is 5.03. The Balaban J connectivity index is 1.37. The highest BCUT2D eigenvalue weighted by Crippen LogP contribution is 2.10. The lowest BCUT2D eigenvalue weighted by Crippen LogP contribution is -2.31. The number of carbonyl (C=O) groups excluding carboxylic acids is 1. The molecule has 1 aromatic carbocycles. The van der Waals surface area contributed by atoms with Crippen molar-refractivity contribution in [1.29, 1.82) is 0 Å². The van der Waals surface area contributed by atoms with Crippen molar-refractivity contribution in [1.82, 2.24) is 14.7 Å². The first-order valence-corrected chi connectivity index (χ1v) is 7.40. The van der Waals surface area contributed by atoms with Gasteiger partial charge < -0.3 is 19.8 Å². The van der Waals surface area contributed by atoms with E-state index < -0.39 is 0 Å². The van der Waals surface area contributed by atoms with E-state index in [4.69, 9.17) is 4.74 Å². The first-order valence-electron chi connectivity index (χ1n) is 7.40. The number of urea groups is 1. The van der Waals surface area contributed by atoms with Gasteiger partial charge in [0.2, 0.25) is 0 Å². The summed E-state index contributed by atoms with van der Waals surface area (Å²) in [5.41, 5.74) is 2.60. The molecule has 0 aliphatic heterocycles. The van der Waals surface area contributed by atoms with Gasteiger partial charge in [-0.1, -0.05) is 30.3 Å². The van der Waals surface area contributed by atoms with Gasteiger partial charge in [0, 0.05) is 36.9 Å². The van der Waals surface area contributed by atoms with E-state index in [1.54, 1.807) is 6.20 Å². The van der Waals surface area contributed by atoms with Crippen molar-refractivity contribution in [3.8, 4) is 0 Å². The minimum atomic E-state index is -0.260. The standard InChI is InChI=1S/C17H18N4O2/c22-17(19-8-11-23-13-14-4-2-1-3-5-14)20-15-6-9-21-10-7-18-16(21)12-15/h1-7,9-10,12H,8,11,13H2,(H2,19,20,22). The molecule has 3 rings (SSSR count). The zero-order valence-corrected chi connectivity index (χ0v) is 12.6. The summed E-state index contributed by atoms with van der Waals surface area (Å²) in [7, 11) is 0.